The molecule has 1 aromatic heterocycles. The summed E-state index contributed by atoms with van der Waals surface area (Å²) in [5.74, 6) is 1.27. The number of aryl methyl sites for hydroxylation is 1. The van der Waals surface area contributed by atoms with Crippen molar-refractivity contribution in [3.05, 3.63) is 62.8 Å². The van der Waals surface area contributed by atoms with E-state index in [2.05, 4.69) is 28.2 Å². The highest BCUT2D eigenvalue weighted by atomic mass is 16.1. The second kappa shape index (κ2) is 4.34. The van der Waals surface area contributed by atoms with Crippen LogP contribution in [0.1, 0.15) is 53.9 Å². The lowest BCUT2D eigenvalue weighted by atomic mass is 9.77. The molecule has 0 saturated heterocycles. The molecule has 19 heavy (non-hydrogen) atoms. The number of aromatic amines is 1. The lowest BCUT2D eigenvalue weighted by Gasteiger charge is -2.29. The average molecular weight is 254 g/mol. The van der Waals surface area contributed by atoms with Crippen molar-refractivity contribution >= 4 is 0 Å². The van der Waals surface area contributed by atoms with E-state index in [0.29, 0.717) is 0 Å². The summed E-state index contributed by atoms with van der Waals surface area (Å²) >= 11 is 0. The molecule has 3 rings (SSSR count). The smallest absolute Gasteiger partial charge is 0.254 e. The Morgan fingerprint density at radius 2 is 2.05 bits per heavy atom. The van der Waals surface area contributed by atoms with Gasteiger partial charge in [-0.25, -0.2) is 4.98 Å². The zero-order valence-corrected chi connectivity index (χ0v) is 11.5. The maximum atomic E-state index is 12.2. The van der Waals surface area contributed by atoms with E-state index in [4.69, 9.17) is 0 Å². The molecule has 0 spiro atoms. The topological polar surface area (TPSA) is 45.8 Å². The lowest BCUT2D eigenvalue weighted by molar-refractivity contribution is 0.645. The Bertz CT molecular complexity index is 685. The van der Waals surface area contributed by atoms with Crippen LogP contribution in [0.4, 0.5) is 0 Å². The number of nitrogens with one attached hydrogen (secondary N) is 1. The first-order valence-electron chi connectivity index (χ1n) is 6.76. The van der Waals surface area contributed by atoms with Crippen molar-refractivity contribution in [1.82, 2.24) is 9.97 Å². The Kier molecular flexibility index (Phi) is 2.77. The van der Waals surface area contributed by atoms with Gasteiger partial charge >= 0.3 is 0 Å². The van der Waals surface area contributed by atoms with Crippen LogP contribution >= 0.6 is 0 Å². The van der Waals surface area contributed by atoms with Gasteiger partial charge in [-0.05, 0) is 30.4 Å². The fraction of sp³-hybridized carbons (Fsp3) is 0.375. The van der Waals surface area contributed by atoms with Crippen molar-refractivity contribution in [2.75, 3.05) is 0 Å². The molecule has 98 valence electrons. The molecule has 1 N–H and O–H groups in total. The Hall–Kier alpha value is -1.90. The van der Waals surface area contributed by atoms with Crippen LogP contribution in [-0.2, 0) is 6.42 Å². The van der Waals surface area contributed by atoms with E-state index in [-0.39, 0.29) is 17.4 Å². The average Bonchev–Trinajstić information content (AvgIpc) is 2.29. The molecule has 0 bridgehead atoms. The molecule has 1 aliphatic rings. The van der Waals surface area contributed by atoms with Gasteiger partial charge in [-0.1, -0.05) is 38.1 Å². The second-order valence-corrected chi connectivity index (χ2v) is 5.56. The van der Waals surface area contributed by atoms with Crippen LogP contribution in [-0.4, -0.2) is 9.97 Å². The Balaban J connectivity index is 2.04. The fourth-order valence-corrected chi connectivity index (χ4v) is 2.96. The van der Waals surface area contributed by atoms with Crippen LogP contribution in [0.25, 0.3) is 0 Å². The third kappa shape index (κ3) is 1.89. The van der Waals surface area contributed by atoms with E-state index in [9.17, 15) is 4.79 Å². The van der Waals surface area contributed by atoms with Gasteiger partial charge in [0.2, 0.25) is 0 Å². The van der Waals surface area contributed by atoms with Crippen LogP contribution in [0.3, 0.4) is 0 Å². The molecule has 0 fully saturated rings. The number of aromatic nitrogens is 2. The second-order valence-electron chi connectivity index (χ2n) is 5.56. The molecule has 0 amide bonds. The monoisotopic (exact) mass is 254 g/mol. The minimum Gasteiger partial charge on any atom is -0.310 e. The zero-order chi connectivity index (χ0) is 13.6. The van der Waals surface area contributed by atoms with Gasteiger partial charge in [-0.2, -0.15) is 0 Å². The van der Waals surface area contributed by atoms with Gasteiger partial charge in [-0.15, -0.1) is 0 Å². The van der Waals surface area contributed by atoms with E-state index in [1.165, 1.54) is 11.1 Å². The van der Waals surface area contributed by atoms with Gasteiger partial charge in [0.05, 0.1) is 0 Å². The first-order chi connectivity index (χ1) is 9.08. The predicted octanol–water partition coefficient (Wildman–Crippen LogP) is 2.89. The predicted molar refractivity (Wildman–Crippen MR) is 75.7 cm³/mol. The molecule has 0 radical (unpaired) electrons. The van der Waals surface area contributed by atoms with Crippen LogP contribution in [0.5, 0.6) is 0 Å². The quantitative estimate of drug-likeness (QED) is 0.895. The summed E-state index contributed by atoms with van der Waals surface area (Å²) in [6, 6.07) is 8.35. The number of fused-ring (bicyclic) bond motifs is 1. The highest BCUT2D eigenvalue weighted by Crippen LogP contribution is 2.38. The van der Waals surface area contributed by atoms with E-state index < -0.39 is 0 Å². The number of hydrogen-bond donors (Lipinski definition) is 1. The maximum absolute atomic E-state index is 12.2. The molecule has 2 aromatic rings. The molecule has 1 unspecified atom stereocenters. The zero-order valence-electron chi connectivity index (χ0n) is 11.5. The van der Waals surface area contributed by atoms with E-state index in [1.54, 1.807) is 0 Å². The van der Waals surface area contributed by atoms with Crippen molar-refractivity contribution < 1.29 is 0 Å². The highest BCUT2D eigenvalue weighted by molar-refractivity contribution is 5.44. The first kappa shape index (κ1) is 12.2. The Morgan fingerprint density at radius 1 is 1.32 bits per heavy atom. The van der Waals surface area contributed by atoms with Gasteiger partial charge in [0, 0.05) is 17.2 Å². The molecular formula is C16H18N2O. The number of rotatable bonds is 2. The lowest BCUT2D eigenvalue weighted by Crippen LogP contribution is -2.26. The number of hydrogen-bond acceptors (Lipinski definition) is 2. The van der Waals surface area contributed by atoms with Crippen molar-refractivity contribution in [3.63, 3.8) is 0 Å². The van der Waals surface area contributed by atoms with Crippen LogP contribution in [0.2, 0.25) is 0 Å². The molecule has 1 aliphatic carbocycles. The molecule has 3 nitrogen and oxygen atoms in total. The summed E-state index contributed by atoms with van der Waals surface area (Å²) in [7, 11) is 0. The Morgan fingerprint density at radius 3 is 2.68 bits per heavy atom. The van der Waals surface area contributed by atoms with Crippen LogP contribution < -0.4 is 5.56 Å². The molecule has 0 saturated carbocycles. The fourth-order valence-electron chi connectivity index (χ4n) is 2.96. The minimum absolute atomic E-state index is 0.0156. The number of H-pyrrole nitrogens is 1. The largest absolute Gasteiger partial charge is 0.310 e. The summed E-state index contributed by atoms with van der Waals surface area (Å²) < 4.78 is 0. The van der Waals surface area contributed by atoms with E-state index in [1.807, 2.05) is 26.8 Å². The summed E-state index contributed by atoms with van der Waals surface area (Å²) in [4.78, 5) is 19.8. The van der Waals surface area contributed by atoms with Gasteiger partial charge in [0.1, 0.15) is 5.82 Å². The molecule has 1 atom stereocenters. The third-order valence-electron chi connectivity index (χ3n) is 3.93. The number of benzene rings is 1. The van der Waals surface area contributed by atoms with Gasteiger partial charge in [-0.3, -0.25) is 4.79 Å². The summed E-state index contributed by atoms with van der Waals surface area (Å²) in [6.45, 7) is 5.98. The minimum atomic E-state index is 0.0156. The maximum Gasteiger partial charge on any atom is 0.254 e. The van der Waals surface area contributed by atoms with Gasteiger partial charge in [0.15, 0.2) is 0 Å². The SMILES string of the molecule is Cc1nc(C2Cc3ccccc32)[nH]c(=O)c1C(C)C. The van der Waals surface area contributed by atoms with Crippen molar-refractivity contribution in [2.45, 2.75) is 39.0 Å². The summed E-state index contributed by atoms with van der Waals surface area (Å²) in [6.07, 6.45) is 0.972. The molecule has 0 aliphatic heterocycles. The van der Waals surface area contributed by atoms with Gasteiger partial charge < -0.3 is 4.98 Å². The van der Waals surface area contributed by atoms with Crippen LogP contribution in [0.15, 0.2) is 29.1 Å². The normalized spacial score (nSPS) is 17.2. The Labute approximate surface area is 112 Å². The molecule has 3 heteroatoms. The van der Waals surface area contributed by atoms with Crippen molar-refractivity contribution in [1.29, 1.82) is 0 Å². The summed E-state index contributed by atoms with van der Waals surface area (Å²) in [5.41, 5.74) is 4.33. The van der Waals surface area contributed by atoms with Crippen molar-refractivity contribution in [2.24, 2.45) is 0 Å². The molecule has 1 heterocycles. The first-order valence-corrected chi connectivity index (χ1v) is 6.76. The summed E-state index contributed by atoms with van der Waals surface area (Å²) in [5, 5.41) is 0. The van der Waals surface area contributed by atoms with Crippen molar-refractivity contribution in [3.8, 4) is 0 Å². The number of nitrogens with zero attached hydrogens (tertiary/aromatic N) is 1. The molecular weight excluding hydrogens is 236 g/mol. The third-order valence-corrected chi connectivity index (χ3v) is 3.93. The van der Waals surface area contributed by atoms with Crippen LogP contribution in [0, 0.1) is 6.92 Å². The van der Waals surface area contributed by atoms with E-state index >= 15 is 0 Å². The molecule has 1 aromatic carbocycles. The van der Waals surface area contributed by atoms with Gasteiger partial charge in [0.25, 0.3) is 5.56 Å². The standard InChI is InChI=1S/C16H18N2O/c1-9(2)14-10(3)17-15(18-16(14)19)13-8-11-6-4-5-7-12(11)13/h4-7,9,13H,8H2,1-3H3,(H,17,18,19). The van der Waals surface area contributed by atoms with E-state index in [0.717, 1.165) is 23.5 Å². The highest BCUT2D eigenvalue weighted by Gasteiger charge is 2.29.